The molecule has 0 saturated heterocycles. The van der Waals surface area contributed by atoms with Crippen LogP contribution in [0.4, 0.5) is 0 Å². The van der Waals surface area contributed by atoms with Gasteiger partial charge >= 0.3 is 0 Å². The Morgan fingerprint density at radius 3 is 2.64 bits per heavy atom. The van der Waals surface area contributed by atoms with Gasteiger partial charge in [-0.25, -0.2) is 4.98 Å². The average molecular weight is 444 g/mol. The summed E-state index contributed by atoms with van der Waals surface area (Å²) >= 11 is 0. The van der Waals surface area contributed by atoms with Gasteiger partial charge < -0.3 is 4.42 Å². The third-order valence-corrected chi connectivity index (χ3v) is 8.17. The summed E-state index contributed by atoms with van der Waals surface area (Å²) in [6.07, 6.45) is 10.8. The van der Waals surface area contributed by atoms with Crippen LogP contribution in [0, 0.1) is 17.7 Å². The van der Waals surface area contributed by atoms with Gasteiger partial charge in [0.2, 0.25) is 5.71 Å². The first kappa shape index (κ1) is 16.0. The monoisotopic (exact) mass is 443 g/mol. The third kappa shape index (κ3) is 3.86. The van der Waals surface area contributed by atoms with Crippen molar-refractivity contribution in [3.05, 3.63) is 59.9 Å². The Kier molecular flexibility index (Phi) is 3.87. The van der Waals surface area contributed by atoms with Crippen LogP contribution in [0.15, 0.2) is 53.1 Å². The van der Waals surface area contributed by atoms with E-state index in [-0.39, 0.29) is 11.4 Å². The van der Waals surface area contributed by atoms with Gasteiger partial charge in [-0.05, 0) is 98.5 Å². The van der Waals surface area contributed by atoms with E-state index in [0.717, 1.165) is 42.0 Å². The lowest BCUT2D eigenvalue weighted by Gasteiger charge is -2.47. The maximum atomic E-state index is 9.30. The van der Waals surface area contributed by atoms with Gasteiger partial charge in [0.25, 0.3) is 0 Å². The van der Waals surface area contributed by atoms with Crippen molar-refractivity contribution in [3.63, 3.8) is 0 Å². The number of aryl methyl sites for hydroxylation is 1. The van der Waals surface area contributed by atoms with Gasteiger partial charge in [0.05, 0.1) is 5.69 Å². The van der Waals surface area contributed by atoms with Crippen LogP contribution >= 0.6 is 0 Å². The van der Waals surface area contributed by atoms with Crippen molar-refractivity contribution in [2.24, 2.45) is 10.8 Å². The van der Waals surface area contributed by atoms with Gasteiger partial charge in [-0.2, -0.15) is 0 Å². The summed E-state index contributed by atoms with van der Waals surface area (Å²) in [6, 6.07) is 12.7. The molecule has 4 aromatic rings. The second kappa shape index (κ2) is 7.97. The van der Waals surface area contributed by atoms with E-state index >= 15 is 0 Å². The maximum absolute atomic E-state index is 9.30. The van der Waals surface area contributed by atoms with E-state index in [1.807, 2.05) is 30.3 Å². The van der Waals surface area contributed by atoms with E-state index < -0.39 is 18.6 Å². The molecule has 170 valence electrons. The lowest BCUT2D eigenvalue weighted by atomic mass is 9.58. The number of aromatic nitrogens is 2. The molecule has 0 unspecified atom stereocenters. The van der Waals surface area contributed by atoms with Crippen LogP contribution in [0.3, 0.4) is 0 Å². The van der Waals surface area contributed by atoms with E-state index in [1.165, 1.54) is 38.2 Å². The van der Waals surface area contributed by atoms with Gasteiger partial charge in [0, 0.05) is 35.1 Å². The Hall–Kier alpha value is -2.68. The van der Waals surface area contributed by atoms with Crippen LogP contribution in [0.25, 0.3) is 33.3 Å². The number of benzene rings is 1. The molecular weight excluding hydrogens is 404 g/mol. The summed E-state index contributed by atoms with van der Waals surface area (Å²) in [7, 11) is 0. The summed E-state index contributed by atoms with van der Waals surface area (Å²) in [5.74, 6) is 0. The summed E-state index contributed by atoms with van der Waals surface area (Å²) in [5.41, 5.74) is 2.86. The zero-order valence-corrected chi connectivity index (χ0v) is 19.3. The molecule has 1 spiro atoms. The molecule has 2 aliphatic carbocycles. The van der Waals surface area contributed by atoms with Crippen LogP contribution in [0.2, 0.25) is 0 Å². The van der Waals surface area contributed by atoms with Crippen LogP contribution < -0.4 is 0 Å². The van der Waals surface area contributed by atoms with E-state index in [1.54, 1.807) is 12.3 Å². The SMILES string of the molecule is [2H]C([2H])([2H])c1ccc2c(n1)oc1c(-c3cc(C([2H])([2H])C4(C)CCC5(CCCCC5)CC4)ccn3)cccc12. The van der Waals surface area contributed by atoms with Gasteiger partial charge in [0.15, 0.2) is 0 Å². The molecule has 3 nitrogen and oxygen atoms in total. The fourth-order valence-electron chi connectivity index (χ4n) is 6.14. The molecule has 0 aliphatic heterocycles. The first-order valence-electron chi connectivity index (χ1n) is 14.8. The van der Waals surface area contributed by atoms with Crippen LogP contribution in [-0.2, 0) is 6.37 Å². The van der Waals surface area contributed by atoms with Crippen molar-refractivity contribution in [1.29, 1.82) is 0 Å². The molecule has 2 fully saturated rings. The molecule has 0 N–H and O–H groups in total. The van der Waals surface area contributed by atoms with Crippen molar-refractivity contribution < 1.29 is 11.3 Å². The van der Waals surface area contributed by atoms with Crippen molar-refractivity contribution in [1.82, 2.24) is 9.97 Å². The topological polar surface area (TPSA) is 38.9 Å². The minimum atomic E-state index is -2.32. The van der Waals surface area contributed by atoms with Gasteiger partial charge in [-0.15, -0.1) is 0 Å². The number of pyridine rings is 2. The van der Waals surface area contributed by atoms with E-state index in [0.29, 0.717) is 22.3 Å². The minimum Gasteiger partial charge on any atom is -0.437 e. The highest BCUT2D eigenvalue weighted by Gasteiger charge is 2.40. The van der Waals surface area contributed by atoms with E-state index in [9.17, 15) is 2.74 Å². The van der Waals surface area contributed by atoms with Crippen LogP contribution in [0.1, 0.15) is 82.8 Å². The standard InChI is InChI=1S/C30H34N2O/c1-21-9-10-24-23-7-6-8-25(27(23)33-28(24)32-21)26-19-22(11-18-31-26)20-29(2)14-16-30(17-15-29)12-4-3-5-13-30/h6-11,18-19H,3-5,12-17,20H2,1-2H3/i1D3,20D2. The van der Waals surface area contributed by atoms with Gasteiger partial charge in [-0.1, -0.05) is 38.3 Å². The number of para-hydroxylation sites is 1. The lowest BCUT2D eigenvalue weighted by molar-refractivity contribution is 0.0552. The Bertz CT molecular complexity index is 1490. The molecule has 0 atom stereocenters. The summed E-state index contributed by atoms with van der Waals surface area (Å²) in [4.78, 5) is 8.87. The predicted molar refractivity (Wildman–Crippen MR) is 135 cm³/mol. The smallest absolute Gasteiger partial charge is 0.227 e. The molecule has 3 heteroatoms. The van der Waals surface area contributed by atoms with Crippen LogP contribution in [0.5, 0.6) is 0 Å². The van der Waals surface area contributed by atoms with Crippen molar-refractivity contribution >= 4 is 22.1 Å². The molecule has 0 amide bonds. The largest absolute Gasteiger partial charge is 0.437 e. The molecule has 0 bridgehead atoms. The Balaban J connectivity index is 1.36. The number of furan rings is 1. The fraction of sp³-hybridized carbons (Fsp3) is 0.467. The van der Waals surface area contributed by atoms with Crippen molar-refractivity contribution in [2.45, 2.75) is 77.9 Å². The maximum Gasteiger partial charge on any atom is 0.227 e. The zero-order chi connectivity index (χ0) is 26.8. The summed E-state index contributed by atoms with van der Waals surface area (Å²) < 4.78 is 47.8. The number of rotatable bonds is 3. The highest BCUT2D eigenvalue weighted by molar-refractivity contribution is 6.08. The quantitative estimate of drug-likeness (QED) is 0.319. The van der Waals surface area contributed by atoms with Gasteiger partial charge in [-0.3, -0.25) is 4.98 Å². The second-order valence-electron chi connectivity index (χ2n) is 10.5. The first-order valence-corrected chi connectivity index (χ1v) is 12.3. The van der Waals surface area contributed by atoms with E-state index in [4.69, 9.17) is 8.53 Å². The zero-order valence-electron chi connectivity index (χ0n) is 24.3. The Morgan fingerprint density at radius 2 is 1.82 bits per heavy atom. The fourth-order valence-corrected chi connectivity index (χ4v) is 6.14. The summed E-state index contributed by atoms with van der Waals surface area (Å²) in [6.45, 7) is -0.194. The molecule has 33 heavy (non-hydrogen) atoms. The molecule has 2 saturated carbocycles. The third-order valence-electron chi connectivity index (χ3n) is 8.17. The molecule has 0 radical (unpaired) electrons. The molecule has 3 aromatic heterocycles. The number of nitrogens with zero attached hydrogens (tertiary/aromatic N) is 2. The molecule has 3 heterocycles. The lowest BCUT2D eigenvalue weighted by Crippen LogP contribution is -2.35. The van der Waals surface area contributed by atoms with Gasteiger partial charge in [0.1, 0.15) is 5.58 Å². The second-order valence-corrected chi connectivity index (χ2v) is 10.5. The molecule has 2 aliphatic rings. The van der Waals surface area contributed by atoms with Crippen molar-refractivity contribution in [3.8, 4) is 11.3 Å². The first-order chi connectivity index (χ1) is 18.0. The summed E-state index contributed by atoms with van der Waals surface area (Å²) in [5, 5.41) is 1.57. The molecular formula is C30H34N2O. The number of hydrogen-bond acceptors (Lipinski definition) is 3. The Morgan fingerprint density at radius 1 is 0.970 bits per heavy atom. The number of hydrogen-bond donors (Lipinski definition) is 0. The number of fused-ring (bicyclic) bond motifs is 3. The highest BCUT2D eigenvalue weighted by atomic mass is 16.3. The van der Waals surface area contributed by atoms with Crippen molar-refractivity contribution in [2.75, 3.05) is 0 Å². The average Bonchev–Trinajstić information content (AvgIpc) is 3.29. The minimum absolute atomic E-state index is 0.00495. The Labute approximate surface area is 203 Å². The molecule has 6 rings (SSSR count). The molecule has 1 aromatic carbocycles. The predicted octanol–water partition coefficient (Wildman–Crippen LogP) is 8.42. The van der Waals surface area contributed by atoms with E-state index in [2.05, 4.69) is 16.9 Å². The normalized spacial score (nSPS) is 23.0. The van der Waals surface area contributed by atoms with Crippen LogP contribution in [-0.4, -0.2) is 9.97 Å². The highest BCUT2D eigenvalue weighted by Crippen LogP contribution is 2.53.